The number of benzene rings is 2. The Bertz CT molecular complexity index is 726. The molecule has 0 N–H and O–H groups in total. The van der Waals surface area contributed by atoms with Gasteiger partial charge in [0.05, 0.1) is 7.11 Å². The number of hydrogen-bond acceptors (Lipinski definition) is 3. The normalized spacial score (nSPS) is 10.6. The molecule has 1 aromatic heterocycles. The monoisotopic (exact) mass is 268 g/mol. The molecule has 0 saturated carbocycles. The molecule has 94 valence electrons. The Morgan fingerprint density at radius 3 is 2.53 bits per heavy atom. The van der Waals surface area contributed by atoms with Gasteiger partial charge in [-0.2, -0.15) is 0 Å². The second-order valence-corrected chi connectivity index (χ2v) is 5.13. The summed E-state index contributed by atoms with van der Waals surface area (Å²) in [6, 6.07) is 13.8. The lowest BCUT2D eigenvalue weighted by Crippen LogP contribution is -1.85. The first-order chi connectivity index (χ1) is 9.33. The van der Waals surface area contributed by atoms with Crippen LogP contribution in [-0.2, 0) is 0 Å². The fourth-order valence-electron chi connectivity index (χ4n) is 2.18. The molecule has 2 aromatic carbocycles. The van der Waals surface area contributed by atoms with Crippen molar-refractivity contribution in [3.05, 3.63) is 53.4 Å². The van der Waals surface area contributed by atoms with Crippen LogP contribution in [0.25, 0.3) is 21.2 Å². The minimum absolute atomic E-state index is 0.744. The highest BCUT2D eigenvalue weighted by molar-refractivity contribution is 7.17. The van der Waals surface area contributed by atoms with E-state index in [1.807, 2.05) is 47.8 Å². The number of carbonyl (C=O) groups is 1. The summed E-state index contributed by atoms with van der Waals surface area (Å²) in [4.78, 5) is 11.0. The zero-order chi connectivity index (χ0) is 13.2. The van der Waals surface area contributed by atoms with Gasteiger partial charge in [0.25, 0.3) is 0 Å². The molecule has 3 heteroatoms. The van der Waals surface area contributed by atoms with Crippen LogP contribution in [0.2, 0.25) is 0 Å². The zero-order valence-electron chi connectivity index (χ0n) is 10.4. The molecule has 0 amide bonds. The van der Waals surface area contributed by atoms with Gasteiger partial charge in [-0.3, -0.25) is 4.79 Å². The summed E-state index contributed by atoms with van der Waals surface area (Å²) in [7, 11) is 1.66. The molecule has 0 aliphatic heterocycles. The summed E-state index contributed by atoms with van der Waals surface area (Å²) in [5, 5.41) is 3.04. The predicted molar refractivity (Wildman–Crippen MR) is 79.2 cm³/mol. The van der Waals surface area contributed by atoms with Crippen molar-refractivity contribution < 1.29 is 9.53 Å². The average molecular weight is 268 g/mol. The molecule has 2 nitrogen and oxygen atoms in total. The predicted octanol–water partition coefficient (Wildman–Crippen LogP) is 4.39. The van der Waals surface area contributed by atoms with Crippen molar-refractivity contribution in [3.8, 4) is 16.9 Å². The molecule has 0 radical (unpaired) electrons. The van der Waals surface area contributed by atoms with E-state index in [2.05, 4.69) is 0 Å². The van der Waals surface area contributed by atoms with Crippen molar-refractivity contribution >= 4 is 27.7 Å². The largest absolute Gasteiger partial charge is 0.497 e. The minimum atomic E-state index is 0.744. The van der Waals surface area contributed by atoms with Crippen molar-refractivity contribution in [1.29, 1.82) is 0 Å². The minimum Gasteiger partial charge on any atom is -0.497 e. The molecule has 3 rings (SSSR count). The Kier molecular flexibility index (Phi) is 3.05. The number of thiophene rings is 1. The fourth-order valence-corrected chi connectivity index (χ4v) is 3.15. The van der Waals surface area contributed by atoms with Gasteiger partial charge in [0, 0.05) is 15.6 Å². The second kappa shape index (κ2) is 4.86. The SMILES string of the molecule is COc1ccc(-c2ccc(C=O)c3ccsc23)cc1. The van der Waals surface area contributed by atoms with Gasteiger partial charge in [-0.15, -0.1) is 11.3 Å². The van der Waals surface area contributed by atoms with Crippen LogP contribution in [0.15, 0.2) is 47.8 Å². The maximum absolute atomic E-state index is 11.0. The molecule has 3 aromatic rings. The van der Waals surface area contributed by atoms with Gasteiger partial charge in [-0.25, -0.2) is 0 Å². The van der Waals surface area contributed by atoms with Crippen molar-refractivity contribution in [2.75, 3.05) is 7.11 Å². The van der Waals surface area contributed by atoms with E-state index in [4.69, 9.17) is 4.74 Å². The molecule has 0 unspecified atom stereocenters. The number of hydrogen-bond donors (Lipinski definition) is 0. The summed E-state index contributed by atoms with van der Waals surface area (Å²) in [6.07, 6.45) is 0.910. The van der Waals surface area contributed by atoms with E-state index in [1.54, 1.807) is 18.4 Å². The smallest absolute Gasteiger partial charge is 0.150 e. The number of methoxy groups -OCH3 is 1. The van der Waals surface area contributed by atoms with Crippen LogP contribution in [0.1, 0.15) is 10.4 Å². The van der Waals surface area contributed by atoms with E-state index >= 15 is 0 Å². The Hall–Kier alpha value is -2.13. The Morgan fingerprint density at radius 2 is 1.84 bits per heavy atom. The molecule has 0 spiro atoms. The molecule has 1 heterocycles. The lowest BCUT2D eigenvalue weighted by atomic mass is 10.0. The lowest BCUT2D eigenvalue weighted by molar-refractivity contribution is 0.112. The second-order valence-electron chi connectivity index (χ2n) is 4.21. The molecule has 0 bridgehead atoms. The van der Waals surface area contributed by atoms with Crippen LogP contribution < -0.4 is 4.74 Å². The van der Waals surface area contributed by atoms with Crippen molar-refractivity contribution in [2.45, 2.75) is 0 Å². The van der Waals surface area contributed by atoms with Crippen LogP contribution in [0.5, 0.6) is 5.75 Å². The van der Waals surface area contributed by atoms with Crippen LogP contribution in [-0.4, -0.2) is 13.4 Å². The van der Waals surface area contributed by atoms with Gasteiger partial charge in [-0.1, -0.05) is 24.3 Å². The van der Waals surface area contributed by atoms with Crippen molar-refractivity contribution in [3.63, 3.8) is 0 Å². The van der Waals surface area contributed by atoms with Crippen molar-refractivity contribution in [2.24, 2.45) is 0 Å². The van der Waals surface area contributed by atoms with Gasteiger partial charge in [0.15, 0.2) is 6.29 Å². The number of ether oxygens (including phenoxy) is 1. The Morgan fingerprint density at radius 1 is 1.05 bits per heavy atom. The van der Waals surface area contributed by atoms with Crippen LogP contribution >= 0.6 is 11.3 Å². The lowest BCUT2D eigenvalue weighted by Gasteiger charge is -2.06. The van der Waals surface area contributed by atoms with Crippen molar-refractivity contribution in [1.82, 2.24) is 0 Å². The number of carbonyl (C=O) groups excluding carboxylic acids is 1. The number of fused-ring (bicyclic) bond motifs is 1. The average Bonchev–Trinajstić information content (AvgIpc) is 2.96. The molecular weight excluding hydrogens is 256 g/mol. The maximum atomic E-state index is 11.0. The summed E-state index contributed by atoms with van der Waals surface area (Å²) in [5.74, 6) is 0.843. The summed E-state index contributed by atoms with van der Waals surface area (Å²) < 4.78 is 6.32. The quantitative estimate of drug-likeness (QED) is 0.658. The van der Waals surface area contributed by atoms with E-state index in [0.29, 0.717) is 0 Å². The zero-order valence-corrected chi connectivity index (χ0v) is 11.2. The number of rotatable bonds is 3. The highest BCUT2D eigenvalue weighted by Crippen LogP contribution is 2.34. The maximum Gasteiger partial charge on any atom is 0.150 e. The Labute approximate surface area is 115 Å². The fraction of sp³-hybridized carbons (Fsp3) is 0.0625. The summed E-state index contributed by atoms with van der Waals surface area (Å²) >= 11 is 1.66. The van der Waals surface area contributed by atoms with E-state index < -0.39 is 0 Å². The summed E-state index contributed by atoms with van der Waals surface area (Å²) in [5.41, 5.74) is 3.03. The third-order valence-electron chi connectivity index (χ3n) is 3.18. The highest BCUT2D eigenvalue weighted by Gasteiger charge is 2.08. The molecule has 0 saturated heterocycles. The molecule has 0 aliphatic carbocycles. The molecule has 0 fully saturated rings. The first kappa shape index (κ1) is 11.9. The van der Waals surface area contributed by atoms with E-state index in [-0.39, 0.29) is 0 Å². The highest BCUT2D eigenvalue weighted by atomic mass is 32.1. The van der Waals surface area contributed by atoms with Gasteiger partial charge in [0.1, 0.15) is 5.75 Å². The van der Waals surface area contributed by atoms with Gasteiger partial charge in [-0.05, 0) is 34.7 Å². The van der Waals surface area contributed by atoms with Gasteiger partial charge >= 0.3 is 0 Å². The van der Waals surface area contributed by atoms with Crippen LogP contribution in [0.4, 0.5) is 0 Å². The van der Waals surface area contributed by atoms with E-state index in [0.717, 1.165) is 38.8 Å². The topological polar surface area (TPSA) is 26.3 Å². The molecular formula is C16H12O2S. The first-order valence-electron chi connectivity index (χ1n) is 5.93. The first-order valence-corrected chi connectivity index (χ1v) is 6.81. The summed E-state index contributed by atoms with van der Waals surface area (Å²) in [6.45, 7) is 0. The van der Waals surface area contributed by atoms with E-state index in [9.17, 15) is 4.79 Å². The third kappa shape index (κ3) is 2.02. The standard InChI is InChI=1S/C16H12O2S/c1-18-13-5-2-11(3-6-13)14-7-4-12(10-17)15-8-9-19-16(14)15/h2-10H,1H3. The third-order valence-corrected chi connectivity index (χ3v) is 4.13. The van der Waals surface area contributed by atoms with Gasteiger partial charge in [0.2, 0.25) is 0 Å². The Balaban J connectivity index is 2.19. The van der Waals surface area contributed by atoms with Crippen LogP contribution in [0, 0.1) is 0 Å². The van der Waals surface area contributed by atoms with Crippen LogP contribution in [0.3, 0.4) is 0 Å². The van der Waals surface area contributed by atoms with Gasteiger partial charge < -0.3 is 4.74 Å². The molecule has 0 atom stereocenters. The number of aldehydes is 1. The van der Waals surface area contributed by atoms with E-state index in [1.165, 1.54) is 0 Å². The molecule has 19 heavy (non-hydrogen) atoms. The molecule has 0 aliphatic rings.